The number of aldehydes is 1. The number of esters is 1. The van der Waals surface area contributed by atoms with Crippen LogP contribution in [0.4, 0.5) is 0 Å². The van der Waals surface area contributed by atoms with E-state index in [0.29, 0.717) is 29.5 Å². The van der Waals surface area contributed by atoms with Gasteiger partial charge in [0.05, 0.1) is 24.2 Å². The molecule has 0 atom stereocenters. The molecule has 2 aromatic heterocycles. The summed E-state index contributed by atoms with van der Waals surface area (Å²) in [5.41, 5.74) is 1.51. The lowest BCUT2D eigenvalue weighted by Gasteiger charge is -2.06. The Morgan fingerprint density at radius 2 is 2.24 bits per heavy atom. The molecule has 0 bridgehead atoms. The van der Waals surface area contributed by atoms with Crippen molar-refractivity contribution in [1.29, 1.82) is 0 Å². The second kappa shape index (κ2) is 6.60. The van der Waals surface area contributed by atoms with Crippen LogP contribution in [0.1, 0.15) is 12.5 Å². The summed E-state index contributed by atoms with van der Waals surface area (Å²) in [6.45, 7) is 1.99. The Morgan fingerprint density at radius 3 is 2.95 bits per heavy atom. The zero-order valence-corrected chi connectivity index (χ0v) is 11.5. The molecule has 2 aromatic rings. The molecule has 2 heterocycles. The average Bonchev–Trinajstić information content (AvgIpc) is 2.48. The molecule has 0 unspecified atom stereocenters. The van der Waals surface area contributed by atoms with Gasteiger partial charge in [0.1, 0.15) is 6.29 Å². The van der Waals surface area contributed by atoms with Gasteiger partial charge in [0.2, 0.25) is 0 Å². The first-order valence-electron chi connectivity index (χ1n) is 6.43. The molecule has 0 aliphatic rings. The van der Waals surface area contributed by atoms with Crippen LogP contribution >= 0.6 is 0 Å². The van der Waals surface area contributed by atoms with Gasteiger partial charge in [-0.1, -0.05) is 0 Å². The summed E-state index contributed by atoms with van der Waals surface area (Å²) in [6, 6.07) is 4.66. The number of hydrogen-bond acceptors (Lipinski definition) is 5. The van der Waals surface area contributed by atoms with Crippen LogP contribution in [0.25, 0.3) is 17.1 Å². The summed E-state index contributed by atoms with van der Waals surface area (Å²) < 4.78 is 6.12. The van der Waals surface area contributed by atoms with Gasteiger partial charge in [0, 0.05) is 18.3 Å². The van der Waals surface area contributed by atoms with Crippen LogP contribution in [0, 0.1) is 0 Å². The molecule has 0 amide bonds. The highest BCUT2D eigenvalue weighted by Gasteiger charge is 2.04. The van der Waals surface area contributed by atoms with Crippen LogP contribution in [-0.4, -0.2) is 28.4 Å². The van der Waals surface area contributed by atoms with Gasteiger partial charge in [-0.2, -0.15) is 0 Å². The molecule has 6 heteroatoms. The third-order valence-corrected chi connectivity index (χ3v) is 2.81. The van der Waals surface area contributed by atoms with Gasteiger partial charge in [-0.05, 0) is 30.7 Å². The van der Waals surface area contributed by atoms with Crippen molar-refractivity contribution in [3.8, 4) is 0 Å². The van der Waals surface area contributed by atoms with Gasteiger partial charge < -0.3 is 9.53 Å². The maximum atomic E-state index is 11.8. The highest BCUT2D eigenvalue weighted by Crippen LogP contribution is 2.12. The quantitative estimate of drug-likeness (QED) is 0.468. The number of fused-ring (bicyclic) bond motifs is 1. The number of hydrogen-bond donors (Lipinski definition) is 0. The van der Waals surface area contributed by atoms with E-state index in [1.165, 1.54) is 16.7 Å². The van der Waals surface area contributed by atoms with E-state index in [0.717, 1.165) is 0 Å². The normalized spacial score (nSPS) is 10.9. The third-order valence-electron chi connectivity index (χ3n) is 2.81. The molecule has 0 spiro atoms. The fraction of sp³-hybridized carbons (Fsp3) is 0.200. The Labute approximate surface area is 120 Å². The van der Waals surface area contributed by atoms with E-state index in [9.17, 15) is 14.4 Å². The van der Waals surface area contributed by atoms with Crippen LogP contribution in [-0.2, 0) is 20.9 Å². The molecule has 0 saturated carbocycles. The zero-order chi connectivity index (χ0) is 15.2. The first kappa shape index (κ1) is 14.6. The Balaban J connectivity index is 2.44. The number of rotatable bonds is 5. The molecule has 0 aliphatic heterocycles. The number of ether oxygens (including phenoxy) is 1. The first-order chi connectivity index (χ1) is 10.2. The molecule has 108 valence electrons. The van der Waals surface area contributed by atoms with Crippen LogP contribution in [0.2, 0.25) is 0 Å². The van der Waals surface area contributed by atoms with Crippen molar-refractivity contribution in [2.45, 2.75) is 13.5 Å². The van der Waals surface area contributed by atoms with Crippen molar-refractivity contribution in [3.05, 3.63) is 46.4 Å². The Hall–Kier alpha value is -2.76. The van der Waals surface area contributed by atoms with Crippen LogP contribution in [0.5, 0.6) is 0 Å². The number of carbonyl (C=O) groups excluding carboxylic acids is 2. The maximum absolute atomic E-state index is 11.8. The smallest absolute Gasteiger partial charge is 0.330 e. The minimum atomic E-state index is -0.448. The predicted molar refractivity (Wildman–Crippen MR) is 77.7 cm³/mol. The largest absolute Gasteiger partial charge is 0.463 e. The van der Waals surface area contributed by atoms with E-state index in [1.54, 1.807) is 31.3 Å². The van der Waals surface area contributed by atoms with Crippen LogP contribution < -0.4 is 5.56 Å². The Bertz CT molecular complexity index is 762. The molecular formula is C15H14N2O4. The highest BCUT2D eigenvalue weighted by atomic mass is 16.5. The topological polar surface area (TPSA) is 78.3 Å². The zero-order valence-electron chi connectivity index (χ0n) is 11.5. The molecule has 0 fully saturated rings. The Kier molecular flexibility index (Phi) is 4.61. The lowest BCUT2D eigenvalue weighted by molar-refractivity contribution is -0.137. The van der Waals surface area contributed by atoms with Gasteiger partial charge >= 0.3 is 5.97 Å². The fourth-order valence-corrected chi connectivity index (χ4v) is 1.89. The van der Waals surface area contributed by atoms with Crippen molar-refractivity contribution in [2.24, 2.45) is 0 Å². The van der Waals surface area contributed by atoms with Gasteiger partial charge in [-0.25, -0.2) is 4.79 Å². The van der Waals surface area contributed by atoms with E-state index in [1.807, 2.05) is 0 Å². The summed E-state index contributed by atoms with van der Waals surface area (Å²) in [7, 11) is 0. The summed E-state index contributed by atoms with van der Waals surface area (Å²) in [4.78, 5) is 37.9. The molecule has 6 nitrogen and oxygen atoms in total. The molecule has 0 saturated heterocycles. The summed E-state index contributed by atoms with van der Waals surface area (Å²) in [6.07, 6.45) is 5.07. The SMILES string of the molecule is CCOC(=O)/C=C/c1cnc2ccc(=O)n(CC=O)c2c1. The van der Waals surface area contributed by atoms with Crippen molar-refractivity contribution in [1.82, 2.24) is 9.55 Å². The third kappa shape index (κ3) is 3.42. The van der Waals surface area contributed by atoms with Crippen LogP contribution in [0.3, 0.4) is 0 Å². The number of pyridine rings is 2. The van der Waals surface area contributed by atoms with Crippen LogP contribution in [0.15, 0.2) is 35.3 Å². The summed E-state index contributed by atoms with van der Waals surface area (Å²) in [5.74, 6) is -0.448. The van der Waals surface area contributed by atoms with Crippen molar-refractivity contribution < 1.29 is 14.3 Å². The molecule has 0 aromatic carbocycles. The molecular weight excluding hydrogens is 272 g/mol. The highest BCUT2D eigenvalue weighted by molar-refractivity contribution is 5.88. The summed E-state index contributed by atoms with van der Waals surface area (Å²) in [5, 5.41) is 0. The molecule has 0 radical (unpaired) electrons. The number of carbonyl (C=O) groups is 2. The first-order valence-corrected chi connectivity index (χ1v) is 6.43. The van der Waals surface area contributed by atoms with Gasteiger partial charge in [-0.3, -0.25) is 14.3 Å². The van der Waals surface area contributed by atoms with E-state index in [-0.39, 0.29) is 12.1 Å². The molecule has 0 N–H and O–H groups in total. The summed E-state index contributed by atoms with van der Waals surface area (Å²) >= 11 is 0. The minimum absolute atomic E-state index is 0.0388. The number of nitrogens with zero attached hydrogens (tertiary/aromatic N) is 2. The average molecular weight is 286 g/mol. The number of aromatic nitrogens is 2. The minimum Gasteiger partial charge on any atom is -0.463 e. The second-order valence-corrected chi connectivity index (χ2v) is 4.21. The van der Waals surface area contributed by atoms with Crippen molar-refractivity contribution in [2.75, 3.05) is 6.61 Å². The van der Waals surface area contributed by atoms with E-state index < -0.39 is 5.97 Å². The standard InChI is InChI=1S/C15H14N2O4/c1-2-21-15(20)6-3-11-9-13-12(16-10-11)4-5-14(19)17(13)7-8-18/h3-6,8-10H,2,7H2,1H3/b6-3+. The Morgan fingerprint density at radius 1 is 1.43 bits per heavy atom. The van der Waals surface area contributed by atoms with E-state index in [2.05, 4.69) is 4.98 Å². The van der Waals surface area contributed by atoms with Gasteiger partial charge in [0.25, 0.3) is 5.56 Å². The monoisotopic (exact) mass is 286 g/mol. The van der Waals surface area contributed by atoms with E-state index in [4.69, 9.17) is 4.74 Å². The lowest BCUT2D eigenvalue weighted by Crippen LogP contribution is -2.20. The second-order valence-electron chi connectivity index (χ2n) is 4.21. The molecule has 0 aliphatic carbocycles. The van der Waals surface area contributed by atoms with Gasteiger partial charge in [-0.15, -0.1) is 0 Å². The lowest BCUT2D eigenvalue weighted by atomic mass is 10.2. The molecule has 21 heavy (non-hydrogen) atoms. The van der Waals surface area contributed by atoms with Crippen molar-refractivity contribution in [3.63, 3.8) is 0 Å². The van der Waals surface area contributed by atoms with Crippen molar-refractivity contribution >= 4 is 29.4 Å². The maximum Gasteiger partial charge on any atom is 0.330 e. The molecule has 2 rings (SSSR count). The van der Waals surface area contributed by atoms with Gasteiger partial charge in [0.15, 0.2) is 0 Å². The fourth-order valence-electron chi connectivity index (χ4n) is 1.89. The van der Waals surface area contributed by atoms with E-state index >= 15 is 0 Å². The predicted octanol–water partition coefficient (Wildman–Crippen LogP) is 1.17.